The van der Waals surface area contributed by atoms with Crippen LogP contribution < -0.4 is 15.8 Å². The summed E-state index contributed by atoms with van der Waals surface area (Å²) < 4.78 is 10.2. The van der Waals surface area contributed by atoms with Crippen molar-refractivity contribution in [3.05, 3.63) is 48.3 Å². The first kappa shape index (κ1) is 26.1. The maximum Gasteiger partial charge on any atom is 0.254 e. The van der Waals surface area contributed by atoms with Gasteiger partial charge in [0.1, 0.15) is 16.9 Å². The van der Waals surface area contributed by atoms with Crippen molar-refractivity contribution in [2.45, 2.75) is 44.3 Å². The minimum atomic E-state index is 0.00126. The summed E-state index contributed by atoms with van der Waals surface area (Å²) in [4.78, 5) is 34.6. The second-order valence-corrected chi connectivity index (χ2v) is 12.2. The summed E-state index contributed by atoms with van der Waals surface area (Å²) in [5, 5.41) is 4.00. The lowest BCUT2D eigenvalue weighted by Crippen LogP contribution is -2.41. The van der Waals surface area contributed by atoms with Crippen LogP contribution in [-0.2, 0) is 13.6 Å². The van der Waals surface area contributed by atoms with Gasteiger partial charge in [0.05, 0.1) is 24.0 Å². The molecule has 11 nitrogen and oxygen atoms in total. The fraction of sp³-hybridized carbons (Fsp3) is 0.406. The lowest BCUT2D eigenvalue weighted by molar-refractivity contribution is 0.0700. The van der Waals surface area contributed by atoms with E-state index in [1.54, 1.807) is 26.6 Å². The molecule has 5 aromatic rings. The molecule has 5 heterocycles. The minimum Gasteiger partial charge on any atom is -0.494 e. The number of rotatable bonds is 7. The van der Waals surface area contributed by atoms with Gasteiger partial charge in [0, 0.05) is 68.2 Å². The van der Waals surface area contributed by atoms with E-state index in [0.29, 0.717) is 29.1 Å². The number of likely N-dealkylation sites (tertiary alicyclic amines) is 1. The van der Waals surface area contributed by atoms with Crippen molar-refractivity contribution < 1.29 is 9.53 Å². The van der Waals surface area contributed by atoms with Gasteiger partial charge in [-0.2, -0.15) is 0 Å². The van der Waals surface area contributed by atoms with Crippen molar-refractivity contribution in [2.24, 2.45) is 24.6 Å². The van der Waals surface area contributed by atoms with E-state index < -0.39 is 0 Å². The van der Waals surface area contributed by atoms with Crippen LogP contribution in [-0.4, -0.2) is 72.7 Å². The number of anilines is 1. The average Bonchev–Trinajstić information content (AvgIpc) is 3.44. The molecule has 2 bridgehead atoms. The molecule has 3 aliphatic rings. The fourth-order valence-electron chi connectivity index (χ4n) is 7.07. The number of nitrogens with zero attached hydrogens (tertiary/aromatic N) is 7. The number of hydrogen-bond donors (Lipinski definition) is 2. The van der Waals surface area contributed by atoms with E-state index in [4.69, 9.17) is 20.4 Å². The normalized spacial score (nSPS) is 21.3. The number of piperidine rings is 1. The summed E-state index contributed by atoms with van der Waals surface area (Å²) in [6.45, 7) is 1.59. The van der Waals surface area contributed by atoms with Gasteiger partial charge in [0.2, 0.25) is 5.95 Å². The van der Waals surface area contributed by atoms with Crippen LogP contribution in [0, 0.1) is 11.8 Å². The van der Waals surface area contributed by atoms with Crippen LogP contribution in [0.15, 0.2) is 42.7 Å². The molecule has 3 fully saturated rings. The highest BCUT2D eigenvalue weighted by molar-refractivity contribution is 6.00. The number of pyridine rings is 1. The first-order chi connectivity index (χ1) is 20.9. The number of ether oxygens (including phenoxy) is 1. The summed E-state index contributed by atoms with van der Waals surface area (Å²) in [6, 6.07) is 10.2. The third-order valence-corrected chi connectivity index (χ3v) is 9.60. The number of benzene rings is 1. The zero-order valence-corrected chi connectivity index (χ0v) is 24.6. The van der Waals surface area contributed by atoms with E-state index >= 15 is 0 Å². The van der Waals surface area contributed by atoms with Crippen molar-refractivity contribution >= 4 is 33.9 Å². The molecule has 0 spiro atoms. The topological polar surface area (TPSA) is 129 Å². The average molecular weight is 578 g/mol. The Bertz CT molecular complexity index is 1890. The zero-order chi connectivity index (χ0) is 29.4. The Hall–Kier alpha value is -4.51. The highest BCUT2D eigenvalue weighted by Gasteiger charge is 2.47. The molecule has 3 N–H and O–H groups in total. The number of nitrogens with two attached hydrogens (primary N) is 1. The smallest absolute Gasteiger partial charge is 0.254 e. The molecule has 2 saturated carbocycles. The lowest BCUT2D eigenvalue weighted by atomic mass is 10.1. The van der Waals surface area contributed by atoms with Gasteiger partial charge in [-0.3, -0.25) is 4.79 Å². The van der Waals surface area contributed by atoms with Gasteiger partial charge >= 0.3 is 0 Å². The quantitative estimate of drug-likeness (QED) is 0.296. The molecule has 220 valence electrons. The molecule has 1 saturated heterocycles. The fourth-order valence-corrected chi connectivity index (χ4v) is 7.07. The number of hydrogen-bond acceptors (Lipinski definition) is 8. The number of imidazole rings is 1. The monoisotopic (exact) mass is 577 g/mol. The predicted octanol–water partition coefficient (Wildman–Crippen LogP) is 4.07. The first-order valence-electron chi connectivity index (χ1n) is 15.1. The number of carbonyl (C=O) groups excluding carboxylic acids is 1. The molecule has 43 heavy (non-hydrogen) atoms. The minimum absolute atomic E-state index is 0.00126. The maximum absolute atomic E-state index is 13.7. The standard InChI is InChI=1S/C32H35N9O2/c1-34-32-35-13-21(14-36-32)22-8-6-18-11-25(40(29(18)37-22)15-17-4-5-17)30-38-23-10-20(12-26(43-3)28(23)39(30)2)31(42)41-16-19-7-9-24(41)27(19)33/h6,8,10-14,17,19,24,27H,4-5,7,9,15-16,33H2,1-3H3,(H,34,35,36)/t19-,24-,27-/m1/s1. The van der Waals surface area contributed by atoms with Gasteiger partial charge in [-0.1, -0.05) is 0 Å². The van der Waals surface area contributed by atoms with Gasteiger partial charge in [-0.15, -0.1) is 0 Å². The number of aryl methyl sites for hydroxylation is 1. The molecule has 0 radical (unpaired) electrons. The highest BCUT2D eigenvalue weighted by atomic mass is 16.5. The van der Waals surface area contributed by atoms with Crippen LogP contribution >= 0.6 is 0 Å². The van der Waals surface area contributed by atoms with Crippen molar-refractivity contribution in [2.75, 3.05) is 26.0 Å². The van der Waals surface area contributed by atoms with E-state index in [1.165, 1.54) is 12.8 Å². The first-order valence-corrected chi connectivity index (χ1v) is 15.1. The van der Waals surface area contributed by atoms with Crippen molar-refractivity contribution in [1.29, 1.82) is 0 Å². The zero-order valence-electron chi connectivity index (χ0n) is 24.6. The maximum atomic E-state index is 13.7. The van der Waals surface area contributed by atoms with E-state index in [9.17, 15) is 4.79 Å². The Morgan fingerprint density at radius 2 is 1.91 bits per heavy atom. The Labute approximate surface area is 249 Å². The van der Waals surface area contributed by atoms with Gasteiger partial charge < -0.3 is 29.8 Å². The van der Waals surface area contributed by atoms with Gasteiger partial charge in [0.25, 0.3) is 5.91 Å². The summed E-state index contributed by atoms with van der Waals surface area (Å²) >= 11 is 0. The molecular weight excluding hydrogens is 542 g/mol. The van der Waals surface area contributed by atoms with Crippen molar-refractivity contribution in [3.63, 3.8) is 0 Å². The van der Waals surface area contributed by atoms with E-state index in [2.05, 4.69) is 36.6 Å². The Morgan fingerprint density at radius 1 is 1.09 bits per heavy atom. The predicted molar refractivity (Wildman–Crippen MR) is 165 cm³/mol. The second-order valence-electron chi connectivity index (χ2n) is 12.2. The van der Waals surface area contributed by atoms with Crippen LogP contribution in [0.1, 0.15) is 36.0 Å². The molecule has 1 amide bonds. The van der Waals surface area contributed by atoms with Crippen molar-refractivity contribution in [3.8, 4) is 28.5 Å². The van der Waals surface area contributed by atoms with Crippen LogP contribution in [0.3, 0.4) is 0 Å². The molecule has 11 heteroatoms. The van der Waals surface area contributed by atoms with Crippen molar-refractivity contribution in [1.82, 2.24) is 34.0 Å². The number of fused-ring (bicyclic) bond motifs is 4. The lowest BCUT2D eigenvalue weighted by Gasteiger charge is -2.27. The van der Waals surface area contributed by atoms with E-state index in [1.807, 2.05) is 30.1 Å². The number of carbonyl (C=O) groups is 1. The summed E-state index contributed by atoms with van der Waals surface area (Å²) in [6.07, 6.45) is 8.08. The van der Waals surface area contributed by atoms with Crippen LogP contribution in [0.4, 0.5) is 5.95 Å². The van der Waals surface area contributed by atoms with E-state index in [-0.39, 0.29) is 18.0 Å². The summed E-state index contributed by atoms with van der Waals surface area (Å²) in [7, 11) is 5.45. The van der Waals surface area contributed by atoms with Crippen LogP contribution in [0.5, 0.6) is 5.75 Å². The summed E-state index contributed by atoms with van der Waals surface area (Å²) in [5.41, 5.74) is 12.2. The Kier molecular flexibility index (Phi) is 5.94. The number of nitrogens with one attached hydrogen (secondary N) is 1. The van der Waals surface area contributed by atoms with Gasteiger partial charge in [-0.25, -0.2) is 19.9 Å². The summed E-state index contributed by atoms with van der Waals surface area (Å²) in [5.74, 6) is 3.02. The number of aromatic nitrogens is 6. The van der Waals surface area contributed by atoms with Gasteiger partial charge in [-0.05, 0) is 67.9 Å². The number of amides is 1. The van der Waals surface area contributed by atoms with E-state index in [0.717, 1.165) is 70.8 Å². The Morgan fingerprint density at radius 3 is 2.58 bits per heavy atom. The number of methoxy groups -OCH3 is 1. The van der Waals surface area contributed by atoms with Crippen LogP contribution in [0.25, 0.3) is 44.8 Å². The molecule has 2 aliphatic carbocycles. The molecule has 4 aromatic heterocycles. The largest absolute Gasteiger partial charge is 0.494 e. The second kappa shape index (κ2) is 9.77. The highest BCUT2D eigenvalue weighted by Crippen LogP contribution is 2.40. The van der Waals surface area contributed by atoms with Gasteiger partial charge in [0.15, 0.2) is 5.82 Å². The molecule has 3 atom stereocenters. The van der Waals surface area contributed by atoms with Crippen LogP contribution in [0.2, 0.25) is 0 Å². The Balaban J connectivity index is 1.23. The molecule has 1 aliphatic heterocycles. The molecule has 0 unspecified atom stereocenters. The molecular formula is C32H35N9O2. The SMILES string of the molecule is CNc1ncc(-c2ccc3cc(-c4nc5cc(C(=O)N6C[C@H]7CC[C@@H]6[C@@H]7N)cc(OC)c5n4C)n(CC4CC4)c3n2)cn1. The third-order valence-electron chi connectivity index (χ3n) is 9.60. The molecule has 8 rings (SSSR count). The molecule has 1 aromatic carbocycles. The third kappa shape index (κ3) is 4.16.